The zero-order chi connectivity index (χ0) is 13.2. The van der Waals surface area contributed by atoms with E-state index in [1.54, 1.807) is 24.3 Å². The molecule has 0 saturated carbocycles. The minimum atomic E-state index is -0.414. The number of aromatic nitrogens is 2. The number of benzene rings is 1. The first kappa shape index (κ1) is 11.5. The number of anilines is 2. The van der Waals surface area contributed by atoms with Crippen LogP contribution < -0.4 is 5.32 Å². The molecule has 0 amide bonds. The number of pyridine rings is 2. The summed E-state index contributed by atoms with van der Waals surface area (Å²) in [5.74, 6) is 0.109. The molecule has 0 saturated heterocycles. The van der Waals surface area contributed by atoms with Crippen molar-refractivity contribution in [3.8, 4) is 0 Å². The molecule has 0 spiro atoms. The first-order valence-corrected chi connectivity index (χ1v) is 5.66. The second kappa shape index (κ2) is 4.61. The van der Waals surface area contributed by atoms with E-state index >= 15 is 0 Å². The molecule has 0 fully saturated rings. The molecule has 0 aliphatic heterocycles. The molecule has 0 atom stereocenters. The minimum absolute atomic E-state index is 0.287. The van der Waals surface area contributed by atoms with Crippen molar-refractivity contribution in [3.63, 3.8) is 0 Å². The Bertz CT molecular complexity index is 726. The van der Waals surface area contributed by atoms with Crippen molar-refractivity contribution in [2.24, 2.45) is 0 Å². The van der Waals surface area contributed by atoms with E-state index in [1.165, 1.54) is 18.2 Å². The Morgan fingerprint density at radius 2 is 1.74 bits per heavy atom. The third-order valence-electron chi connectivity index (χ3n) is 2.65. The van der Waals surface area contributed by atoms with Gasteiger partial charge in [-0.15, -0.1) is 0 Å². The number of halogens is 2. The maximum Gasteiger partial charge on any atom is 0.149 e. The van der Waals surface area contributed by atoms with Gasteiger partial charge in [-0.1, -0.05) is 12.1 Å². The van der Waals surface area contributed by atoms with Crippen LogP contribution in [-0.4, -0.2) is 9.97 Å². The summed E-state index contributed by atoms with van der Waals surface area (Å²) < 4.78 is 26.3. The molecule has 2 heterocycles. The van der Waals surface area contributed by atoms with Gasteiger partial charge in [-0.2, -0.15) is 0 Å². The molecular weight excluding hydrogens is 248 g/mol. The van der Waals surface area contributed by atoms with Gasteiger partial charge >= 0.3 is 0 Å². The van der Waals surface area contributed by atoms with Crippen LogP contribution in [0.1, 0.15) is 0 Å². The molecule has 2 aromatic heterocycles. The summed E-state index contributed by atoms with van der Waals surface area (Å²) in [5, 5.41) is 3.61. The van der Waals surface area contributed by atoms with E-state index < -0.39 is 5.82 Å². The van der Waals surface area contributed by atoms with Crippen LogP contribution in [0, 0.1) is 11.6 Å². The number of fused-ring (bicyclic) bond motifs is 1. The maximum atomic E-state index is 13.6. The first-order valence-electron chi connectivity index (χ1n) is 5.66. The van der Waals surface area contributed by atoms with Gasteiger partial charge in [0.15, 0.2) is 0 Å². The average Bonchev–Trinajstić information content (AvgIpc) is 2.42. The highest BCUT2D eigenvalue weighted by molar-refractivity contribution is 5.81. The van der Waals surface area contributed by atoms with Gasteiger partial charge in [0.1, 0.15) is 28.8 Å². The Kier molecular flexibility index (Phi) is 2.79. The molecule has 3 rings (SSSR count). The molecule has 0 aliphatic rings. The molecule has 3 aromatic rings. The van der Waals surface area contributed by atoms with Crippen LogP contribution in [0.15, 0.2) is 48.7 Å². The monoisotopic (exact) mass is 257 g/mol. The topological polar surface area (TPSA) is 37.8 Å². The van der Waals surface area contributed by atoms with Gasteiger partial charge in [0.05, 0.1) is 6.20 Å². The van der Waals surface area contributed by atoms with Crippen LogP contribution in [-0.2, 0) is 0 Å². The standard InChI is InChI=1S/C14H9F2N3/c15-10-5-7-12(17-8-10)18-13-6-4-9-2-1-3-11(16)14(9)19-13/h1-8H,(H,17,18,19). The second-order valence-electron chi connectivity index (χ2n) is 3.99. The highest BCUT2D eigenvalue weighted by Crippen LogP contribution is 2.19. The lowest BCUT2D eigenvalue weighted by Gasteiger charge is -2.06. The lowest BCUT2D eigenvalue weighted by molar-refractivity contribution is 0.622. The molecule has 0 aliphatic carbocycles. The van der Waals surface area contributed by atoms with Crippen molar-refractivity contribution in [2.45, 2.75) is 0 Å². The van der Waals surface area contributed by atoms with Gasteiger partial charge in [0.2, 0.25) is 0 Å². The average molecular weight is 257 g/mol. The van der Waals surface area contributed by atoms with Crippen molar-refractivity contribution < 1.29 is 8.78 Å². The summed E-state index contributed by atoms with van der Waals surface area (Å²) >= 11 is 0. The van der Waals surface area contributed by atoms with Crippen LogP contribution in [0.5, 0.6) is 0 Å². The number of nitrogens with zero attached hydrogens (tertiary/aromatic N) is 2. The van der Waals surface area contributed by atoms with Crippen LogP contribution in [0.4, 0.5) is 20.4 Å². The molecule has 0 radical (unpaired) electrons. The van der Waals surface area contributed by atoms with E-state index in [9.17, 15) is 8.78 Å². The van der Waals surface area contributed by atoms with Crippen molar-refractivity contribution >= 4 is 22.5 Å². The fourth-order valence-electron chi connectivity index (χ4n) is 1.76. The van der Waals surface area contributed by atoms with Crippen molar-refractivity contribution in [2.75, 3.05) is 5.32 Å². The molecule has 3 nitrogen and oxygen atoms in total. The Morgan fingerprint density at radius 1 is 0.895 bits per heavy atom. The number of para-hydroxylation sites is 1. The number of hydrogen-bond acceptors (Lipinski definition) is 3. The molecular formula is C14H9F2N3. The third kappa shape index (κ3) is 2.35. The van der Waals surface area contributed by atoms with Gasteiger partial charge in [-0.25, -0.2) is 18.7 Å². The zero-order valence-corrected chi connectivity index (χ0v) is 9.77. The van der Waals surface area contributed by atoms with Gasteiger partial charge in [-0.3, -0.25) is 0 Å². The number of rotatable bonds is 2. The van der Waals surface area contributed by atoms with E-state index in [4.69, 9.17) is 0 Å². The molecule has 1 aromatic carbocycles. The smallest absolute Gasteiger partial charge is 0.149 e. The fourth-order valence-corrected chi connectivity index (χ4v) is 1.76. The third-order valence-corrected chi connectivity index (χ3v) is 2.65. The van der Waals surface area contributed by atoms with Gasteiger partial charge in [-0.05, 0) is 30.3 Å². The van der Waals surface area contributed by atoms with E-state index in [2.05, 4.69) is 15.3 Å². The van der Waals surface area contributed by atoms with Crippen LogP contribution in [0.25, 0.3) is 10.9 Å². The van der Waals surface area contributed by atoms with E-state index in [0.717, 1.165) is 11.6 Å². The van der Waals surface area contributed by atoms with Crippen molar-refractivity contribution in [1.82, 2.24) is 9.97 Å². The lowest BCUT2D eigenvalue weighted by atomic mass is 10.2. The van der Waals surface area contributed by atoms with Crippen LogP contribution in [0.2, 0.25) is 0 Å². The summed E-state index contributed by atoms with van der Waals surface area (Å²) in [7, 11) is 0. The van der Waals surface area contributed by atoms with Crippen LogP contribution in [0.3, 0.4) is 0 Å². The molecule has 0 bridgehead atoms. The first-order chi connectivity index (χ1) is 9.22. The van der Waals surface area contributed by atoms with Gasteiger partial charge in [0.25, 0.3) is 0 Å². The molecule has 0 unspecified atom stereocenters. The molecule has 1 N–H and O–H groups in total. The summed E-state index contributed by atoms with van der Waals surface area (Å²) in [4.78, 5) is 8.03. The van der Waals surface area contributed by atoms with Crippen LogP contribution >= 0.6 is 0 Å². The lowest BCUT2D eigenvalue weighted by Crippen LogP contribution is -1.97. The Balaban J connectivity index is 1.97. The summed E-state index contributed by atoms with van der Waals surface area (Å²) in [6.45, 7) is 0. The number of hydrogen-bond donors (Lipinski definition) is 1. The number of nitrogens with one attached hydrogen (secondary N) is 1. The maximum absolute atomic E-state index is 13.6. The van der Waals surface area contributed by atoms with E-state index in [-0.39, 0.29) is 11.3 Å². The Morgan fingerprint density at radius 3 is 2.53 bits per heavy atom. The van der Waals surface area contributed by atoms with Crippen molar-refractivity contribution in [3.05, 3.63) is 60.3 Å². The van der Waals surface area contributed by atoms with E-state index in [0.29, 0.717) is 11.6 Å². The fraction of sp³-hybridized carbons (Fsp3) is 0. The van der Waals surface area contributed by atoms with Gasteiger partial charge in [0, 0.05) is 5.39 Å². The molecule has 5 heteroatoms. The molecule has 94 valence electrons. The SMILES string of the molecule is Fc1ccc(Nc2ccc3cccc(F)c3n2)nc1. The van der Waals surface area contributed by atoms with E-state index in [1.807, 2.05) is 0 Å². The minimum Gasteiger partial charge on any atom is -0.325 e. The Hall–Kier alpha value is -2.56. The van der Waals surface area contributed by atoms with Crippen molar-refractivity contribution in [1.29, 1.82) is 0 Å². The predicted molar refractivity (Wildman–Crippen MR) is 69.2 cm³/mol. The quantitative estimate of drug-likeness (QED) is 0.761. The molecule has 19 heavy (non-hydrogen) atoms. The van der Waals surface area contributed by atoms with Gasteiger partial charge < -0.3 is 5.32 Å². The largest absolute Gasteiger partial charge is 0.325 e. The Labute approximate surface area is 107 Å². The summed E-state index contributed by atoms with van der Waals surface area (Å²) in [6, 6.07) is 11.0. The summed E-state index contributed by atoms with van der Waals surface area (Å²) in [5.41, 5.74) is 0.287. The zero-order valence-electron chi connectivity index (χ0n) is 9.77. The highest BCUT2D eigenvalue weighted by atomic mass is 19.1. The second-order valence-corrected chi connectivity index (χ2v) is 3.99. The summed E-state index contributed by atoms with van der Waals surface area (Å²) in [6.07, 6.45) is 1.10. The highest BCUT2D eigenvalue weighted by Gasteiger charge is 2.04. The normalized spacial score (nSPS) is 10.6. The predicted octanol–water partition coefficient (Wildman–Crippen LogP) is 3.65.